The zero-order valence-corrected chi connectivity index (χ0v) is 15.2. The highest BCUT2D eigenvalue weighted by Crippen LogP contribution is 2.26. The smallest absolute Gasteiger partial charge is 0.338 e. The maximum atomic E-state index is 13.7. The fraction of sp³-hybridized carbons (Fsp3) is 0.250. The van der Waals surface area contributed by atoms with E-state index in [0.717, 1.165) is 5.56 Å². The predicted molar refractivity (Wildman–Crippen MR) is 98.0 cm³/mol. The second kappa shape index (κ2) is 7.19. The summed E-state index contributed by atoms with van der Waals surface area (Å²) in [5, 5.41) is 6.26. The first-order valence-electron chi connectivity index (χ1n) is 8.37. The van der Waals surface area contributed by atoms with Crippen LogP contribution in [0.5, 0.6) is 0 Å². The second-order valence-corrected chi connectivity index (χ2v) is 7.03. The molecule has 1 aliphatic rings. The molecule has 1 heterocycles. The molecule has 27 heavy (non-hydrogen) atoms. The van der Waals surface area contributed by atoms with Gasteiger partial charge in [-0.2, -0.15) is 0 Å². The fourth-order valence-corrected chi connectivity index (χ4v) is 2.48. The first-order valence-corrected chi connectivity index (χ1v) is 8.37. The zero-order valence-electron chi connectivity index (χ0n) is 15.2. The quantitative estimate of drug-likeness (QED) is 0.658. The number of benzene rings is 2. The van der Waals surface area contributed by atoms with E-state index in [1.165, 1.54) is 12.1 Å². The highest BCUT2D eigenvalue weighted by Gasteiger charge is 2.29. The van der Waals surface area contributed by atoms with Crippen molar-refractivity contribution in [2.24, 2.45) is 5.16 Å². The van der Waals surface area contributed by atoms with Crippen molar-refractivity contribution in [3.05, 3.63) is 65.0 Å². The number of anilines is 1. The van der Waals surface area contributed by atoms with Crippen molar-refractivity contribution in [2.75, 3.05) is 5.32 Å². The highest BCUT2D eigenvalue weighted by molar-refractivity contribution is 6.53. The molecule has 0 saturated carbocycles. The minimum absolute atomic E-state index is 0.0230. The number of nitrogens with zero attached hydrogens (tertiary/aromatic N) is 1. The largest absolute Gasteiger partial charge is 0.456 e. The molecule has 0 radical (unpaired) electrons. The topological polar surface area (TPSA) is 77.0 Å². The Hall–Kier alpha value is -3.22. The molecule has 3 rings (SSSR count). The lowest BCUT2D eigenvalue weighted by Gasteiger charge is -2.19. The fourth-order valence-electron chi connectivity index (χ4n) is 2.48. The number of rotatable bonds is 4. The summed E-state index contributed by atoms with van der Waals surface area (Å²) in [6.07, 6.45) is 0. The molecular weight excluding hydrogens is 351 g/mol. The predicted octanol–water partition coefficient (Wildman–Crippen LogP) is 3.65. The molecule has 1 amide bonds. The summed E-state index contributed by atoms with van der Waals surface area (Å²) in [6, 6.07) is 11.0. The number of hydrogen-bond acceptors (Lipinski definition) is 5. The molecular formula is C20H19FN2O4. The second-order valence-electron chi connectivity index (χ2n) is 7.03. The molecule has 1 aliphatic heterocycles. The van der Waals surface area contributed by atoms with Crippen LogP contribution in [-0.4, -0.2) is 23.2 Å². The molecule has 0 fully saturated rings. The van der Waals surface area contributed by atoms with Crippen molar-refractivity contribution in [3.8, 4) is 0 Å². The van der Waals surface area contributed by atoms with Crippen molar-refractivity contribution in [3.63, 3.8) is 0 Å². The number of ether oxygens (including phenoxy) is 1. The Kier molecular flexibility index (Phi) is 4.94. The molecule has 1 N–H and O–H groups in total. The van der Waals surface area contributed by atoms with E-state index in [-0.39, 0.29) is 18.0 Å². The number of carbonyl (C=O) groups excluding carboxylic acids is 2. The number of carbonyl (C=O) groups is 2. The SMILES string of the molecule is CC(C)(C)OC(=O)c1ccc(CO/N=C2\C(=O)Nc3c(F)cccc32)cc1. The Bertz CT molecular complexity index is 915. The van der Waals surface area contributed by atoms with Crippen LogP contribution in [0.3, 0.4) is 0 Å². The van der Waals surface area contributed by atoms with E-state index in [9.17, 15) is 14.0 Å². The lowest BCUT2D eigenvalue weighted by atomic mass is 10.1. The third-order valence-electron chi connectivity index (χ3n) is 3.70. The van der Waals surface area contributed by atoms with Gasteiger partial charge in [-0.15, -0.1) is 0 Å². The Labute approximate surface area is 156 Å². The van der Waals surface area contributed by atoms with Gasteiger partial charge in [-0.3, -0.25) is 4.79 Å². The van der Waals surface area contributed by atoms with Crippen molar-refractivity contribution in [2.45, 2.75) is 33.0 Å². The van der Waals surface area contributed by atoms with Gasteiger partial charge in [0.2, 0.25) is 0 Å². The van der Waals surface area contributed by atoms with E-state index >= 15 is 0 Å². The minimum atomic E-state index is -0.563. The zero-order chi connectivity index (χ0) is 19.6. The van der Waals surface area contributed by atoms with Crippen LogP contribution in [0.25, 0.3) is 0 Å². The van der Waals surface area contributed by atoms with Crippen LogP contribution in [0.4, 0.5) is 10.1 Å². The van der Waals surface area contributed by atoms with E-state index in [0.29, 0.717) is 11.1 Å². The number of oxime groups is 1. The Morgan fingerprint density at radius 2 is 1.85 bits per heavy atom. The molecule has 6 nitrogen and oxygen atoms in total. The first kappa shape index (κ1) is 18.6. The third kappa shape index (κ3) is 4.31. The summed E-state index contributed by atoms with van der Waals surface area (Å²) in [6.45, 7) is 5.50. The summed E-state index contributed by atoms with van der Waals surface area (Å²) in [7, 11) is 0. The van der Waals surface area contributed by atoms with Gasteiger partial charge in [0, 0.05) is 5.56 Å². The van der Waals surface area contributed by atoms with Crippen molar-refractivity contribution >= 4 is 23.3 Å². The van der Waals surface area contributed by atoms with E-state index < -0.39 is 23.3 Å². The average Bonchev–Trinajstić information content (AvgIpc) is 2.91. The summed E-state index contributed by atoms with van der Waals surface area (Å²) in [5.41, 5.74) is 1.11. The standard InChI is InChI=1S/C20H19FN2O4/c1-20(2,3)27-19(25)13-9-7-12(8-10-13)11-26-23-17-14-5-4-6-15(21)16(14)22-18(17)24/h4-10H,11H2,1-3H3,(H,22,23,24). The van der Waals surface area contributed by atoms with Gasteiger partial charge in [0.1, 0.15) is 18.0 Å². The minimum Gasteiger partial charge on any atom is -0.456 e. The van der Waals surface area contributed by atoms with Crippen LogP contribution >= 0.6 is 0 Å². The summed E-state index contributed by atoms with van der Waals surface area (Å²) >= 11 is 0. The van der Waals surface area contributed by atoms with E-state index in [4.69, 9.17) is 9.57 Å². The lowest BCUT2D eigenvalue weighted by molar-refractivity contribution is -0.110. The lowest BCUT2D eigenvalue weighted by Crippen LogP contribution is -2.23. The molecule has 0 aliphatic carbocycles. The Morgan fingerprint density at radius 1 is 1.15 bits per heavy atom. The molecule has 0 spiro atoms. The number of para-hydroxylation sites is 1. The number of halogens is 1. The molecule has 0 aromatic heterocycles. The molecule has 0 bridgehead atoms. The van der Waals surface area contributed by atoms with Crippen LogP contribution in [0.2, 0.25) is 0 Å². The third-order valence-corrected chi connectivity index (χ3v) is 3.70. The molecule has 7 heteroatoms. The van der Waals surface area contributed by atoms with E-state index in [1.54, 1.807) is 51.1 Å². The van der Waals surface area contributed by atoms with Crippen LogP contribution in [-0.2, 0) is 21.0 Å². The normalized spacial score (nSPS) is 14.7. The van der Waals surface area contributed by atoms with Crippen LogP contribution in [0.15, 0.2) is 47.6 Å². The molecule has 0 atom stereocenters. The maximum absolute atomic E-state index is 13.7. The number of fused-ring (bicyclic) bond motifs is 1. The maximum Gasteiger partial charge on any atom is 0.338 e. The van der Waals surface area contributed by atoms with Crippen molar-refractivity contribution < 1.29 is 23.6 Å². The Balaban J connectivity index is 1.65. The monoisotopic (exact) mass is 370 g/mol. The highest BCUT2D eigenvalue weighted by atomic mass is 19.1. The van der Waals surface area contributed by atoms with Gasteiger partial charge in [0.25, 0.3) is 5.91 Å². The number of esters is 1. The summed E-state index contributed by atoms with van der Waals surface area (Å²) < 4.78 is 19.0. The van der Waals surface area contributed by atoms with Crippen LogP contribution in [0.1, 0.15) is 42.3 Å². The molecule has 2 aromatic rings. The first-order chi connectivity index (χ1) is 12.7. The summed E-state index contributed by atoms with van der Waals surface area (Å²) in [5.74, 6) is -1.45. The van der Waals surface area contributed by atoms with Crippen molar-refractivity contribution in [1.82, 2.24) is 0 Å². The number of hydrogen-bond donors (Lipinski definition) is 1. The van der Waals surface area contributed by atoms with Gasteiger partial charge < -0.3 is 14.9 Å². The molecule has 2 aromatic carbocycles. The summed E-state index contributed by atoms with van der Waals surface area (Å²) in [4.78, 5) is 29.1. The molecule has 0 unspecified atom stereocenters. The molecule has 140 valence electrons. The average molecular weight is 370 g/mol. The molecule has 0 saturated heterocycles. The van der Waals surface area contributed by atoms with Gasteiger partial charge in [-0.1, -0.05) is 29.4 Å². The Morgan fingerprint density at radius 3 is 2.52 bits per heavy atom. The van der Waals surface area contributed by atoms with E-state index in [1.807, 2.05) is 0 Å². The number of nitrogens with one attached hydrogen (secondary N) is 1. The van der Waals surface area contributed by atoms with Gasteiger partial charge in [0.15, 0.2) is 5.71 Å². The van der Waals surface area contributed by atoms with Gasteiger partial charge in [-0.25, -0.2) is 9.18 Å². The van der Waals surface area contributed by atoms with Gasteiger partial charge in [0.05, 0.1) is 11.3 Å². The van der Waals surface area contributed by atoms with E-state index in [2.05, 4.69) is 10.5 Å². The van der Waals surface area contributed by atoms with Crippen LogP contribution < -0.4 is 5.32 Å². The number of amides is 1. The van der Waals surface area contributed by atoms with Gasteiger partial charge >= 0.3 is 5.97 Å². The van der Waals surface area contributed by atoms with Gasteiger partial charge in [-0.05, 0) is 44.5 Å². The van der Waals surface area contributed by atoms with Crippen LogP contribution in [0, 0.1) is 5.82 Å². The van der Waals surface area contributed by atoms with Crippen molar-refractivity contribution in [1.29, 1.82) is 0 Å².